The van der Waals surface area contributed by atoms with E-state index < -0.39 is 84.9 Å². The van der Waals surface area contributed by atoms with Crippen LogP contribution in [0.3, 0.4) is 0 Å². The van der Waals surface area contributed by atoms with Gasteiger partial charge in [0.25, 0.3) is 0 Å². The standard InChI is InChI=1S/C29H34O16/c1-10-19(33)22(36)24(38)28(41-10)45-27-23(37)20(34)17(9-30)44-29(27)43-15-6-11(4-5-13(15)31)25-26(40-3)21(35)18-14(32)7-12(39-2)8-16(18)42-25/h4-8,10,17,19-20,22-24,27-34,36-38H,9H2,1-3H3. The van der Waals surface area contributed by atoms with E-state index in [1.165, 1.54) is 51.5 Å². The molecule has 10 unspecified atom stereocenters. The second-order valence-corrected chi connectivity index (χ2v) is 10.6. The van der Waals surface area contributed by atoms with Gasteiger partial charge in [0.2, 0.25) is 17.5 Å². The highest BCUT2D eigenvalue weighted by atomic mass is 16.8. The van der Waals surface area contributed by atoms with E-state index in [0.717, 1.165) is 0 Å². The fourth-order valence-corrected chi connectivity index (χ4v) is 5.20. The number of phenols is 2. The van der Waals surface area contributed by atoms with Gasteiger partial charge in [0.15, 0.2) is 29.7 Å². The van der Waals surface area contributed by atoms with Crippen molar-refractivity contribution in [2.75, 3.05) is 20.8 Å². The highest BCUT2D eigenvalue weighted by molar-refractivity contribution is 5.88. The number of aromatic hydroxyl groups is 2. The maximum absolute atomic E-state index is 13.3. The summed E-state index contributed by atoms with van der Waals surface area (Å²) in [5.74, 6) is -1.36. The molecular formula is C29H34O16. The minimum Gasteiger partial charge on any atom is -0.507 e. The molecule has 1 aromatic heterocycles. The molecular weight excluding hydrogens is 604 g/mol. The number of ether oxygens (including phenoxy) is 6. The quantitative estimate of drug-likeness (QED) is 0.146. The zero-order valence-electron chi connectivity index (χ0n) is 24.2. The molecule has 0 amide bonds. The number of hydrogen-bond donors (Lipinski definition) is 8. The predicted molar refractivity (Wildman–Crippen MR) is 150 cm³/mol. The third kappa shape index (κ3) is 5.99. The van der Waals surface area contributed by atoms with Crippen molar-refractivity contribution in [3.05, 3.63) is 40.6 Å². The van der Waals surface area contributed by atoms with E-state index in [1.54, 1.807) is 0 Å². The lowest BCUT2D eigenvalue weighted by atomic mass is 9.97. The van der Waals surface area contributed by atoms with Crippen LogP contribution in [0.2, 0.25) is 0 Å². The average molecular weight is 639 g/mol. The van der Waals surface area contributed by atoms with Crippen molar-refractivity contribution in [3.8, 4) is 40.1 Å². The van der Waals surface area contributed by atoms with E-state index >= 15 is 0 Å². The van der Waals surface area contributed by atoms with Crippen LogP contribution in [0.4, 0.5) is 0 Å². The van der Waals surface area contributed by atoms with Gasteiger partial charge in [-0.15, -0.1) is 0 Å². The smallest absolute Gasteiger partial charge is 0.239 e. The number of benzene rings is 2. The summed E-state index contributed by atoms with van der Waals surface area (Å²) in [5.41, 5.74) is -0.600. The summed E-state index contributed by atoms with van der Waals surface area (Å²) in [7, 11) is 2.58. The monoisotopic (exact) mass is 638 g/mol. The lowest BCUT2D eigenvalue weighted by Crippen LogP contribution is -2.64. The van der Waals surface area contributed by atoms with E-state index in [4.69, 9.17) is 32.8 Å². The first-order valence-corrected chi connectivity index (χ1v) is 13.8. The SMILES string of the molecule is COc1cc(O)c2c(=O)c(OC)c(-c3ccc(O)c(OC4OC(CO)C(O)C(O)C4OC4OC(C)C(O)C(O)C4O)c3)oc2c1. The Bertz CT molecular complexity index is 1570. The molecule has 2 saturated heterocycles. The lowest BCUT2D eigenvalue weighted by Gasteiger charge is -2.45. The topological polar surface area (TPSA) is 247 Å². The number of fused-ring (bicyclic) bond motifs is 1. The molecule has 246 valence electrons. The maximum atomic E-state index is 13.3. The van der Waals surface area contributed by atoms with Gasteiger partial charge >= 0.3 is 0 Å². The van der Waals surface area contributed by atoms with Crippen molar-refractivity contribution in [2.24, 2.45) is 0 Å². The van der Waals surface area contributed by atoms with E-state index in [2.05, 4.69) is 0 Å². The molecule has 2 fully saturated rings. The summed E-state index contributed by atoms with van der Waals surface area (Å²) < 4.78 is 39.0. The molecule has 0 aliphatic carbocycles. The van der Waals surface area contributed by atoms with Gasteiger partial charge < -0.3 is 73.7 Å². The summed E-state index contributed by atoms with van der Waals surface area (Å²) in [6, 6.07) is 6.43. The lowest BCUT2D eigenvalue weighted by molar-refractivity contribution is -0.354. The molecule has 45 heavy (non-hydrogen) atoms. The molecule has 5 rings (SSSR count). The summed E-state index contributed by atoms with van der Waals surface area (Å²) >= 11 is 0. The number of rotatable bonds is 8. The van der Waals surface area contributed by atoms with Crippen LogP contribution in [0.15, 0.2) is 39.5 Å². The second kappa shape index (κ2) is 13.0. The largest absolute Gasteiger partial charge is 0.507 e. The van der Waals surface area contributed by atoms with Crippen LogP contribution in [0, 0.1) is 0 Å². The summed E-state index contributed by atoms with van der Waals surface area (Å²) in [5, 5.41) is 82.7. The molecule has 3 heterocycles. The molecule has 8 N–H and O–H groups in total. The van der Waals surface area contributed by atoms with Crippen molar-refractivity contribution in [1.29, 1.82) is 0 Å². The van der Waals surface area contributed by atoms with Crippen LogP contribution in [0.25, 0.3) is 22.3 Å². The molecule has 10 atom stereocenters. The van der Waals surface area contributed by atoms with Gasteiger partial charge in [-0.3, -0.25) is 4.79 Å². The molecule has 0 bridgehead atoms. The third-order valence-electron chi connectivity index (χ3n) is 7.74. The zero-order chi connectivity index (χ0) is 32.7. The summed E-state index contributed by atoms with van der Waals surface area (Å²) in [6.07, 6.45) is -15.7. The molecule has 0 radical (unpaired) electrons. The van der Waals surface area contributed by atoms with E-state index in [9.17, 15) is 45.6 Å². The van der Waals surface area contributed by atoms with Crippen molar-refractivity contribution < 1.29 is 73.7 Å². The Balaban J connectivity index is 1.52. The fourth-order valence-electron chi connectivity index (χ4n) is 5.20. The van der Waals surface area contributed by atoms with Crippen LogP contribution in [0.1, 0.15) is 6.92 Å². The molecule has 2 aromatic carbocycles. The highest BCUT2D eigenvalue weighted by Gasteiger charge is 2.51. The van der Waals surface area contributed by atoms with Crippen LogP contribution < -0.4 is 19.6 Å². The molecule has 2 aliphatic rings. The van der Waals surface area contributed by atoms with Gasteiger partial charge in [0, 0.05) is 17.7 Å². The average Bonchev–Trinajstić information content (AvgIpc) is 3.02. The van der Waals surface area contributed by atoms with Gasteiger partial charge in [0.05, 0.1) is 26.9 Å². The van der Waals surface area contributed by atoms with Gasteiger partial charge in [-0.2, -0.15) is 0 Å². The molecule has 0 spiro atoms. The zero-order valence-corrected chi connectivity index (χ0v) is 24.2. The molecule has 3 aromatic rings. The predicted octanol–water partition coefficient (Wildman–Crippen LogP) is -1.08. The van der Waals surface area contributed by atoms with Crippen molar-refractivity contribution in [1.82, 2.24) is 0 Å². The van der Waals surface area contributed by atoms with Gasteiger partial charge in [0.1, 0.15) is 59.1 Å². The normalized spacial score (nSPS) is 31.9. The Hall–Kier alpha value is -3.71. The molecule has 2 aliphatic heterocycles. The first kappa shape index (κ1) is 32.7. The molecule has 0 saturated carbocycles. The number of aliphatic hydroxyl groups excluding tert-OH is 6. The summed E-state index contributed by atoms with van der Waals surface area (Å²) in [4.78, 5) is 13.3. The second-order valence-electron chi connectivity index (χ2n) is 10.6. The molecule has 16 nitrogen and oxygen atoms in total. The van der Waals surface area contributed by atoms with Crippen LogP contribution >= 0.6 is 0 Å². The Morgan fingerprint density at radius 1 is 0.822 bits per heavy atom. The first-order valence-electron chi connectivity index (χ1n) is 13.8. The van der Waals surface area contributed by atoms with Gasteiger partial charge in [-0.05, 0) is 25.1 Å². The molecule has 16 heteroatoms. The number of hydrogen-bond acceptors (Lipinski definition) is 16. The fraction of sp³-hybridized carbons (Fsp3) is 0.483. The van der Waals surface area contributed by atoms with E-state index in [-0.39, 0.29) is 39.5 Å². The third-order valence-corrected chi connectivity index (χ3v) is 7.74. The Kier molecular flexibility index (Phi) is 9.41. The number of aliphatic hydroxyl groups is 6. The van der Waals surface area contributed by atoms with Crippen LogP contribution in [0.5, 0.6) is 28.7 Å². The van der Waals surface area contributed by atoms with Crippen LogP contribution in [-0.4, -0.2) is 123 Å². The van der Waals surface area contributed by atoms with E-state index in [0.29, 0.717) is 0 Å². The van der Waals surface area contributed by atoms with Crippen LogP contribution in [-0.2, 0) is 14.2 Å². The number of phenolic OH excluding ortho intramolecular Hbond substituents is 2. The van der Waals surface area contributed by atoms with Gasteiger partial charge in [-0.25, -0.2) is 0 Å². The highest BCUT2D eigenvalue weighted by Crippen LogP contribution is 2.40. The minimum atomic E-state index is -1.80. The van der Waals surface area contributed by atoms with Crippen molar-refractivity contribution in [3.63, 3.8) is 0 Å². The number of methoxy groups -OCH3 is 2. The van der Waals surface area contributed by atoms with E-state index in [1.807, 2.05) is 0 Å². The maximum Gasteiger partial charge on any atom is 0.239 e. The first-order chi connectivity index (χ1) is 21.4. The van der Waals surface area contributed by atoms with Gasteiger partial charge in [-0.1, -0.05) is 0 Å². The Morgan fingerprint density at radius 2 is 1.56 bits per heavy atom. The van der Waals surface area contributed by atoms with Crippen molar-refractivity contribution in [2.45, 2.75) is 68.3 Å². The Labute approximate surface area is 254 Å². The minimum absolute atomic E-state index is 0.0391. The summed E-state index contributed by atoms with van der Waals surface area (Å²) in [6.45, 7) is 0.659. The van der Waals surface area contributed by atoms with Crippen molar-refractivity contribution >= 4 is 11.0 Å². The Morgan fingerprint density at radius 3 is 2.22 bits per heavy atom.